The predicted molar refractivity (Wildman–Crippen MR) is 79.3 cm³/mol. The lowest BCUT2D eigenvalue weighted by atomic mass is 10.1. The SMILES string of the molecule is COC(=O)c1ccc(NC(=O)COC(=O)C2CCCC2)cc1. The third kappa shape index (κ3) is 4.31. The highest BCUT2D eigenvalue weighted by Gasteiger charge is 2.24. The Bertz CT molecular complexity index is 546. The van der Waals surface area contributed by atoms with Crippen molar-refractivity contribution in [3.8, 4) is 0 Å². The van der Waals surface area contributed by atoms with E-state index in [1.807, 2.05) is 0 Å². The third-order valence-electron chi connectivity index (χ3n) is 3.62. The topological polar surface area (TPSA) is 81.7 Å². The van der Waals surface area contributed by atoms with Crippen LogP contribution in [0, 0.1) is 5.92 Å². The van der Waals surface area contributed by atoms with E-state index in [2.05, 4.69) is 10.1 Å². The van der Waals surface area contributed by atoms with Crippen LogP contribution in [0.5, 0.6) is 0 Å². The largest absolute Gasteiger partial charge is 0.465 e. The van der Waals surface area contributed by atoms with Crippen molar-refractivity contribution in [2.45, 2.75) is 25.7 Å². The van der Waals surface area contributed by atoms with Crippen LogP contribution in [0.1, 0.15) is 36.0 Å². The van der Waals surface area contributed by atoms with Crippen LogP contribution in [0.4, 0.5) is 5.69 Å². The summed E-state index contributed by atoms with van der Waals surface area (Å²) in [7, 11) is 1.30. The molecular formula is C16H19NO5. The second-order valence-electron chi connectivity index (χ2n) is 5.21. The molecule has 0 unspecified atom stereocenters. The Morgan fingerprint density at radius 1 is 1.14 bits per heavy atom. The van der Waals surface area contributed by atoms with Crippen molar-refractivity contribution >= 4 is 23.5 Å². The minimum absolute atomic E-state index is 0.0628. The minimum atomic E-state index is -0.441. The van der Waals surface area contributed by atoms with Gasteiger partial charge in [0.15, 0.2) is 6.61 Å². The Morgan fingerprint density at radius 2 is 1.77 bits per heavy atom. The van der Waals surface area contributed by atoms with Gasteiger partial charge in [0.2, 0.25) is 0 Å². The van der Waals surface area contributed by atoms with Crippen molar-refractivity contribution in [3.63, 3.8) is 0 Å². The van der Waals surface area contributed by atoms with E-state index in [-0.39, 0.29) is 18.5 Å². The molecule has 1 aromatic rings. The number of amides is 1. The molecule has 118 valence electrons. The zero-order valence-corrected chi connectivity index (χ0v) is 12.5. The van der Waals surface area contributed by atoms with E-state index in [4.69, 9.17) is 4.74 Å². The van der Waals surface area contributed by atoms with Gasteiger partial charge < -0.3 is 14.8 Å². The van der Waals surface area contributed by atoms with Gasteiger partial charge in [-0.05, 0) is 37.1 Å². The van der Waals surface area contributed by atoms with Gasteiger partial charge in [0, 0.05) is 5.69 Å². The molecule has 0 radical (unpaired) electrons. The number of methoxy groups -OCH3 is 1. The Labute approximate surface area is 128 Å². The second-order valence-corrected chi connectivity index (χ2v) is 5.21. The van der Waals surface area contributed by atoms with E-state index in [0.717, 1.165) is 25.7 Å². The highest BCUT2D eigenvalue weighted by Crippen LogP contribution is 2.25. The predicted octanol–water partition coefficient (Wildman–Crippen LogP) is 2.15. The average molecular weight is 305 g/mol. The molecular weight excluding hydrogens is 286 g/mol. The minimum Gasteiger partial charge on any atom is -0.465 e. The molecule has 0 saturated heterocycles. The van der Waals surface area contributed by atoms with Gasteiger partial charge in [-0.3, -0.25) is 9.59 Å². The molecule has 0 aromatic heterocycles. The summed E-state index contributed by atoms with van der Waals surface area (Å²) in [5.41, 5.74) is 0.919. The fourth-order valence-electron chi connectivity index (χ4n) is 2.42. The molecule has 6 nitrogen and oxygen atoms in total. The number of anilines is 1. The molecule has 1 saturated carbocycles. The number of hydrogen-bond donors (Lipinski definition) is 1. The van der Waals surface area contributed by atoms with Gasteiger partial charge in [-0.2, -0.15) is 0 Å². The lowest BCUT2D eigenvalue weighted by Gasteiger charge is -2.10. The number of nitrogens with one attached hydrogen (secondary N) is 1. The summed E-state index contributed by atoms with van der Waals surface area (Å²) in [5.74, 6) is -1.21. The summed E-state index contributed by atoms with van der Waals surface area (Å²) in [6.07, 6.45) is 3.77. The summed E-state index contributed by atoms with van der Waals surface area (Å²) in [6, 6.07) is 6.27. The number of ether oxygens (including phenoxy) is 2. The number of rotatable bonds is 5. The number of carbonyl (C=O) groups is 3. The van der Waals surface area contributed by atoms with E-state index in [1.165, 1.54) is 7.11 Å². The second kappa shape index (κ2) is 7.59. The van der Waals surface area contributed by atoms with Crippen LogP contribution >= 0.6 is 0 Å². The summed E-state index contributed by atoms with van der Waals surface area (Å²) >= 11 is 0. The number of esters is 2. The van der Waals surface area contributed by atoms with Gasteiger partial charge in [-0.15, -0.1) is 0 Å². The van der Waals surface area contributed by atoms with E-state index >= 15 is 0 Å². The molecule has 1 aliphatic rings. The van der Waals surface area contributed by atoms with Crippen molar-refractivity contribution in [1.29, 1.82) is 0 Å². The van der Waals surface area contributed by atoms with Crippen LogP contribution in [0.25, 0.3) is 0 Å². The molecule has 1 aromatic carbocycles. The Kier molecular flexibility index (Phi) is 5.52. The van der Waals surface area contributed by atoms with Crippen LogP contribution in [0.3, 0.4) is 0 Å². The summed E-state index contributed by atoms with van der Waals surface area (Å²) in [4.78, 5) is 34.7. The van der Waals surface area contributed by atoms with Gasteiger partial charge in [0.05, 0.1) is 18.6 Å². The third-order valence-corrected chi connectivity index (χ3v) is 3.62. The van der Waals surface area contributed by atoms with E-state index in [1.54, 1.807) is 24.3 Å². The fourth-order valence-corrected chi connectivity index (χ4v) is 2.42. The van der Waals surface area contributed by atoms with E-state index < -0.39 is 11.9 Å². The first-order chi connectivity index (χ1) is 10.6. The lowest BCUT2D eigenvalue weighted by molar-refractivity contribution is -0.151. The molecule has 0 spiro atoms. The van der Waals surface area contributed by atoms with Crippen LogP contribution in [-0.2, 0) is 19.1 Å². The molecule has 0 atom stereocenters. The van der Waals surface area contributed by atoms with Crippen LogP contribution < -0.4 is 5.32 Å². The van der Waals surface area contributed by atoms with Gasteiger partial charge in [-0.1, -0.05) is 12.8 Å². The van der Waals surface area contributed by atoms with Crippen molar-refractivity contribution in [1.82, 2.24) is 0 Å². The van der Waals surface area contributed by atoms with Gasteiger partial charge in [0.25, 0.3) is 5.91 Å². The zero-order chi connectivity index (χ0) is 15.9. The quantitative estimate of drug-likeness (QED) is 0.843. The van der Waals surface area contributed by atoms with E-state index in [9.17, 15) is 14.4 Å². The molecule has 0 bridgehead atoms. The molecule has 0 heterocycles. The van der Waals surface area contributed by atoms with Crippen LogP contribution in [0.15, 0.2) is 24.3 Å². The van der Waals surface area contributed by atoms with Crippen molar-refractivity contribution in [2.24, 2.45) is 5.92 Å². The molecule has 6 heteroatoms. The summed E-state index contributed by atoms with van der Waals surface area (Å²) in [5, 5.41) is 2.60. The Balaban J connectivity index is 1.79. The first kappa shape index (κ1) is 16.0. The van der Waals surface area contributed by atoms with Crippen molar-refractivity contribution in [3.05, 3.63) is 29.8 Å². The van der Waals surface area contributed by atoms with Gasteiger partial charge >= 0.3 is 11.9 Å². The summed E-state index contributed by atoms with van der Waals surface area (Å²) in [6.45, 7) is -0.298. The first-order valence-corrected chi connectivity index (χ1v) is 7.25. The molecule has 1 N–H and O–H groups in total. The van der Waals surface area contributed by atoms with E-state index in [0.29, 0.717) is 11.3 Å². The zero-order valence-electron chi connectivity index (χ0n) is 12.5. The smallest absolute Gasteiger partial charge is 0.337 e. The highest BCUT2D eigenvalue weighted by atomic mass is 16.5. The molecule has 2 rings (SSSR count). The average Bonchev–Trinajstić information content (AvgIpc) is 3.07. The Morgan fingerprint density at radius 3 is 2.36 bits per heavy atom. The normalized spacial score (nSPS) is 14.4. The maximum atomic E-state index is 11.7. The van der Waals surface area contributed by atoms with Gasteiger partial charge in [0.1, 0.15) is 0 Å². The molecule has 1 aliphatic carbocycles. The first-order valence-electron chi connectivity index (χ1n) is 7.25. The number of hydrogen-bond acceptors (Lipinski definition) is 5. The molecule has 1 amide bonds. The number of carbonyl (C=O) groups excluding carboxylic acids is 3. The molecule has 22 heavy (non-hydrogen) atoms. The maximum Gasteiger partial charge on any atom is 0.337 e. The molecule has 0 aliphatic heterocycles. The molecule has 1 fully saturated rings. The lowest BCUT2D eigenvalue weighted by Crippen LogP contribution is -2.23. The van der Waals surface area contributed by atoms with Crippen molar-refractivity contribution < 1.29 is 23.9 Å². The van der Waals surface area contributed by atoms with Crippen LogP contribution in [-0.4, -0.2) is 31.6 Å². The highest BCUT2D eigenvalue weighted by molar-refractivity contribution is 5.94. The monoisotopic (exact) mass is 305 g/mol. The van der Waals surface area contributed by atoms with Crippen molar-refractivity contribution in [2.75, 3.05) is 19.0 Å². The fraction of sp³-hybridized carbons (Fsp3) is 0.438. The standard InChI is InChI=1S/C16H19NO5/c1-21-15(19)12-6-8-13(9-7-12)17-14(18)10-22-16(20)11-4-2-3-5-11/h6-9,11H,2-5,10H2,1H3,(H,17,18). The van der Waals surface area contributed by atoms with Gasteiger partial charge in [-0.25, -0.2) is 4.79 Å². The van der Waals surface area contributed by atoms with Crippen LogP contribution in [0.2, 0.25) is 0 Å². The maximum absolute atomic E-state index is 11.7. The Hall–Kier alpha value is -2.37. The summed E-state index contributed by atoms with van der Waals surface area (Å²) < 4.78 is 9.60. The number of benzene rings is 1.